The normalized spacial score (nSPS) is 12.7. The summed E-state index contributed by atoms with van der Waals surface area (Å²) in [6.07, 6.45) is -2.52. The number of nitrogens with zero attached hydrogens (tertiary/aromatic N) is 1. The molecule has 1 unspecified atom stereocenters. The Kier molecular flexibility index (Phi) is 5.23. The molecule has 128 valence electrons. The van der Waals surface area contributed by atoms with Gasteiger partial charge in [0.05, 0.1) is 5.56 Å². The predicted molar refractivity (Wildman–Crippen MR) is 81.8 cm³/mol. The molecule has 0 bridgehead atoms. The lowest BCUT2D eigenvalue weighted by Crippen LogP contribution is -2.26. The molecule has 1 heterocycles. The molecular weight excluding hydrogens is 345 g/mol. The number of anilines is 1. The standard InChI is InChI=1S/C15H13F3N2O3S/c1-8(13(22)23)12(21)20-14-19-7-11(24-14)6-9-2-4-10(5-3-9)15(16,17)18/h2-5,7-8H,6H2,1H3,(H,22,23)(H,19,20,21). The molecule has 0 saturated heterocycles. The van der Waals surface area contributed by atoms with E-state index in [0.29, 0.717) is 12.0 Å². The number of aliphatic carboxylic acids is 1. The number of hydrogen-bond donors (Lipinski definition) is 2. The summed E-state index contributed by atoms with van der Waals surface area (Å²) < 4.78 is 37.5. The van der Waals surface area contributed by atoms with Gasteiger partial charge in [-0.3, -0.25) is 9.59 Å². The number of thiazole rings is 1. The van der Waals surface area contributed by atoms with Crippen LogP contribution >= 0.6 is 11.3 Å². The topological polar surface area (TPSA) is 79.3 Å². The van der Waals surface area contributed by atoms with E-state index < -0.39 is 29.5 Å². The Labute approximate surface area is 139 Å². The van der Waals surface area contributed by atoms with Crippen LogP contribution in [-0.4, -0.2) is 22.0 Å². The largest absolute Gasteiger partial charge is 0.481 e. The zero-order valence-electron chi connectivity index (χ0n) is 12.4. The van der Waals surface area contributed by atoms with E-state index in [1.807, 2.05) is 0 Å². The summed E-state index contributed by atoms with van der Waals surface area (Å²) in [6.45, 7) is 1.26. The Balaban J connectivity index is 2.01. The summed E-state index contributed by atoms with van der Waals surface area (Å²) in [5.74, 6) is -3.13. The van der Waals surface area contributed by atoms with Crippen LogP contribution in [0.25, 0.3) is 0 Å². The number of carboxylic acid groups (broad SMARTS) is 1. The van der Waals surface area contributed by atoms with Crippen LogP contribution in [0, 0.1) is 5.92 Å². The fourth-order valence-electron chi connectivity index (χ4n) is 1.79. The van der Waals surface area contributed by atoms with Crippen LogP contribution in [0.15, 0.2) is 30.5 Å². The molecule has 5 nitrogen and oxygen atoms in total. The lowest BCUT2D eigenvalue weighted by molar-refractivity contribution is -0.144. The number of carboxylic acids is 1. The summed E-state index contributed by atoms with van der Waals surface area (Å²) in [5.41, 5.74) is -0.0467. The minimum atomic E-state index is -4.37. The fourth-order valence-corrected chi connectivity index (χ4v) is 2.64. The zero-order chi connectivity index (χ0) is 17.9. The highest BCUT2D eigenvalue weighted by Gasteiger charge is 2.29. The lowest BCUT2D eigenvalue weighted by Gasteiger charge is -2.07. The molecule has 9 heteroatoms. The summed E-state index contributed by atoms with van der Waals surface area (Å²) >= 11 is 1.14. The van der Waals surface area contributed by atoms with Crippen molar-refractivity contribution in [1.29, 1.82) is 0 Å². The summed E-state index contributed by atoms with van der Waals surface area (Å²) in [4.78, 5) is 27.0. The molecule has 2 rings (SSSR count). The van der Waals surface area contributed by atoms with E-state index in [1.165, 1.54) is 25.3 Å². The minimum absolute atomic E-state index is 0.245. The molecule has 2 N–H and O–H groups in total. The highest BCUT2D eigenvalue weighted by Crippen LogP contribution is 2.30. The molecule has 0 aliphatic heterocycles. The third-order valence-corrected chi connectivity index (χ3v) is 4.12. The van der Waals surface area contributed by atoms with Gasteiger partial charge in [-0.15, -0.1) is 11.3 Å². The first kappa shape index (κ1) is 17.9. The molecule has 0 radical (unpaired) electrons. The van der Waals surface area contributed by atoms with Crippen LogP contribution in [-0.2, 0) is 22.2 Å². The first-order chi connectivity index (χ1) is 11.2. The van der Waals surface area contributed by atoms with Gasteiger partial charge in [0.15, 0.2) is 5.13 Å². The quantitative estimate of drug-likeness (QED) is 0.803. The second-order valence-electron chi connectivity index (χ2n) is 5.05. The molecule has 24 heavy (non-hydrogen) atoms. The van der Waals surface area contributed by atoms with E-state index in [-0.39, 0.29) is 5.13 Å². The van der Waals surface area contributed by atoms with Gasteiger partial charge in [-0.2, -0.15) is 13.2 Å². The molecule has 0 aliphatic carbocycles. The maximum Gasteiger partial charge on any atom is 0.416 e. The zero-order valence-corrected chi connectivity index (χ0v) is 13.2. The van der Waals surface area contributed by atoms with Crippen molar-refractivity contribution in [2.24, 2.45) is 5.92 Å². The second-order valence-corrected chi connectivity index (χ2v) is 6.17. The number of carbonyl (C=O) groups is 2. The third-order valence-electron chi connectivity index (χ3n) is 3.21. The Hall–Kier alpha value is -2.42. The van der Waals surface area contributed by atoms with Gasteiger partial charge in [0.1, 0.15) is 5.92 Å². The molecule has 1 atom stereocenters. The summed E-state index contributed by atoms with van der Waals surface area (Å²) in [7, 11) is 0. The second kappa shape index (κ2) is 7.00. The monoisotopic (exact) mass is 358 g/mol. The maximum atomic E-state index is 12.5. The van der Waals surface area contributed by atoms with E-state index in [4.69, 9.17) is 5.11 Å². The molecule has 0 fully saturated rings. The van der Waals surface area contributed by atoms with Crippen molar-refractivity contribution >= 4 is 28.3 Å². The first-order valence-electron chi connectivity index (χ1n) is 6.81. The number of amides is 1. The number of halogens is 3. The molecule has 0 saturated carbocycles. The van der Waals surface area contributed by atoms with Gasteiger partial charge in [-0.25, -0.2) is 4.98 Å². The number of rotatable bonds is 5. The van der Waals surface area contributed by atoms with Crippen LogP contribution in [0.2, 0.25) is 0 Å². The molecule has 0 spiro atoms. The van der Waals surface area contributed by atoms with Crippen molar-refractivity contribution in [2.75, 3.05) is 5.32 Å². The van der Waals surface area contributed by atoms with E-state index in [2.05, 4.69) is 10.3 Å². The highest BCUT2D eigenvalue weighted by molar-refractivity contribution is 7.15. The Morgan fingerprint density at radius 1 is 1.29 bits per heavy atom. The average molecular weight is 358 g/mol. The van der Waals surface area contributed by atoms with Crippen molar-refractivity contribution in [3.05, 3.63) is 46.5 Å². The van der Waals surface area contributed by atoms with Crippen LogP contribution < -0.4 is 5.32 Å². The van der Waals surface area contributed by atoms with Gasteiger partial charge in [0, 0.05) is 17.5 Å². The molecule has 0 aliphatic rings. The highest BCUT2D eigenvalue weighted by atomic mass is 32.1. The molecule has 1 amide bonds. The van der Waals surface area contributed by atoms with Gasteiger partial charge < -0.3 is 10.4 Å². The predicted octanol–water partition coefficient (Wildman–Crippen LogP) is 3.41. The third kappa shape index (κ3) is 4.54. The Morgan fingerprint density at radius 2 is 1.92 bits per heavy atom. The lowest BCUT2D eigenvalue weighted by atomic mass is 10.1. The van der Waals surface area contributed by atoms with Crippen molar-refractivity contribution in [3.8, 4) is 0 Å². The summed E-state index contributed by atoms with van der Waals surface area (Å²) in [6, 6.07) is 4.78. The van der Waals surface area contributed by atoms with Gasteiger partial charge in [-0.1, -0.05) is 12.1 Å². The number of carbonyl (C=O) groups excluding carboxylic acids is 1. The number of alkyl halides is 3. The number of nitrogens with one attached hydrogen (secondary N) is 1. The maximum absolute atomic E-state index is 12.5. The van der Waals surface area contributed by atoms with E-state index >= 15 is 0 Å². The van der Waals surface area contributed by atoms with Gasteiger partial charge >= 0.3 is 12.1 Å². The van der Waals surface area contributed by atoms with E-state index in [1.54, 1.807) is 0 Å². The van der Waals surface area contributed by atoms with Gasteiger partial charge in [0.2, 0.25) is 5.91 Å². The Morgan fingerprint density at radius 3 is 2.46 bits per heavy atom. The number of aromatic nitrogens is 1. The molecule has 2 aromatic rings. The molecular formula is C15H13F3N2O3S. The van der Waals surface area contributed by atoms with Crippen LogP contribution in [0.5, 0.6) is 0 Å². The van der Waals surface area contributed by atoms with Crippen LogP contribution in [0.1, 0.15) is 22.9 Å². The van der Waals surface area contributed by atoms with Crippen molar-refractivity contribution < 1.29 is 27.9 Å². The Bertz CT molecular complexity index is 741. The van der Waals surface area contributed by atoms with Crippen molar-refractivity contribution in [3.63, 3.8) is 0 Å². The van der Waals surface area contributed by atoms with Crippen molar-refractivity contribution in [2.45, 2.75) is 19.5 Å². The fraction of sp³-hybridized carbons (Fsp3) is 0.267. The van der Waals surface area contributed by atoms with Gasteiger partial charge in [-0.05, 0) is 24.6 Å². The number of benzene rings is 1. The summed E-state index contributed by atoms with van der Waals surface area (Å²) in [5, 5.41) is 11.4. The SMILES string of the molecule is CC(C(=O)O)C(=O)Nc1ncc(Cc2ccc(C(F)(F)F)cc2)s1. The smallest absolute Gasteiger partial charge is 0.416 e. The van der Waals surface area contributed by atoms with Crippen LogP contribution in [0.4, 0.5) is 18.3 Å². The molecule has 1 aromatic heterocycles. The van der Waals surface area contributed by atoms with Crippen molar-refractivity contribution in [1.82, 2.24) is 4.98 Å². The molecule has 1 aromatic carbocycles. The minimum Gasteiger partial charge on any atom is -0.481 e. The van der Waals surface area contributed by atoms with Gasteiger partial charge in [0.25, 0.3) is 0 Å². The average Bonchev–Trinajstić information content (AvgIpc) is 2.93. The first-order valence-corrected chi connectivity index (χ1v) is 7.63. The van der Waals surface area contributed by atoms with Crippen LogP contribution in [0.3, 0.4) is 0 Å². The van der Waals surface area contributed by atoms with E-state index in [9.17, 15) is 22.8 Å². The number of hydrogen-bond acceptors (Lipinski definition) is 4. The van der Waals surface area contributed by atoms with E-state index in [0.717, 1.165) is 28.3 Å².